The van der Waals surface area contributed by atoms with Gasteiger partial charge < -0.3 is 14.9 Å². The van der Waals surface area contributed by atoms with Crippen LogP contribution in [0.5, 0.6) is 11.5 Å². The molecule has 5 nitrogen and oxygen atoms in total. The Bertz CT molecular complexity index is 538. The molecule has 0 saturated heterocycles. The third-order valence-corrected chi connectivity index (χ3v) is 2.87. The summed E-state index contributed by atoms with van der Waals surface area (Å²) in [6.07, 6.45) is 0. The zero-order valence-corrected chi connectivity index (χ0v) is 9.48. The van der Waals surface area contributed by atoms with E-state index in [0.29, 0.717) is 10.6 Å². The van der Waals surface area contributed by atoms with Gasteiger partial charge in [-0.2, -0.15) is 0 Å². The molecule has 2 rings (SSSR count). The van der Waals surface area contributed by atoms with E-state index in [1.165, 1.54) is 22.9 Å². The Kier molecular flexibility index (Phi) is 3.24. The number of phenols is 1. The number of aromatic nitrogens is 1. The van der Waals surface area contributed by atoms with Gasteiger partial charge in [-0.05, 0) is 12.1 Å². The maximum atomic E-state index is 10.8. The van der Waals surface area contributed by atoms with E-state index in [-0.39, 0.29) is 18.1 Å². The number of aromatic carboxylic acids is 1. The van der Waals surface area contributed by atoms with E-state index in [1.54, 1.807) is 18.2 Å². The lowest BCUT2D eigenvalue weighted by Gasteiger charge is -2.06. The minimum absolute atomic E-state index is 0.00887. The van der Waals surface area contributed by atoms with Crippen LogP contribution in [0.3, 0.4) is 0 Å². The highest BCUT2D eigenvalue weighted by Gasteiger charge is 2.14. The lowest BCUT2D eigenvalue weighted by Crippen LogP contribution is -2.03. The number of carboxylic acids is 1. The van der Waals surface area contributed by atoms with E-state index in [1.807, 2.05) is 0 Å². The standard InChI is InChI=1S/C11H9NO4S/c13-7-3-1-2-4-8(7)16-5-9-10(11(14)15)12-6-17-9/h1-4,6,13H,5H2,(H,14,15). The predicted octanol–water partition coefficient (Wildman–Crippen LogP) is 2.13. The predicted molar refractivity (Wildman–Crippen MR) is 61.5 cm³/mol. The number of para-hydroxylation sites is 2. The van der Waals surface area contributed by atoms with Crippen LogP contribution in [0.15, 0.2) is 29.8 Å². The molecule has 0 radical (unpaired) electrons. The molecule has 17 heavy (non-hydrogen) atoms. The van der Waals surface area contributed by atoms with E-state index in [2.05, 4.69) is 4.98 Å². The van der Waals surface area contributed by atoms with Gasteiger partial charge in [-0.25, -0.2) is 9.78 Å². The molecular formula is C11H9NO4S. The van der Waals surface area contributed by atoms with Gasteiger partial charge in [0.1, 0.15) is 6.61 Å². The molecule has 0 unspecified atom stereocenters. The molecule has 0 atom stereocenters. The molecule has 2 N–H and O–H groups in total. The van der Waals surface area contributed by atoms with Crippen molar-refractivity contribution in [2.45, 2.75) is 6.61 Å². The van der Waals surface area contributed by atoms with Gasteiger partial charge in [-0.1, -0.05) is 12.1 Å². The van der Waals surface area contributed by atoms with Crippen LogP contribution < -0.4 is 4.74 Å². The van der Waals surface area contributed by atoms with Crippen LogP contribution in [0.1, 0.15) is 15.4 Å². The zero-order valence-electron chi connectivity index (χ0n) is 8.66. The number of benzene rings is 1. The first-order chi connectivity index (χ1) is 8.18. The molecule has 88 valence electrons. The lowest BCUT2D eigenvalue weighted by atomic mass is 10.3. The number of carbonyl (C=O) groups is 1. The van der Waals surface area contributed by atoms with Crippen molar-refractivity contribution >= 4 is 17.3 Å². The van der Waals surface area contributed by atoms with Gasteiger partial charge in [0.25, 0.3) is 0 Å². The first kappa shape index (κ1) is 11.4. The van der Waals surface area contributed by atoms with Crippen LogP contribution in [0.25, 0.3) is 0 Å². The summed E-state index contributed by atoms with van der Waals surface area (Å²) in [6, 6.07) is 6.51. The summed E-state index contributed by atoms with van der Waals surface area (Å²) in [4.78, 5) is 15.0. The molecule has 1 heterocycles. The van der Waals surface area contributed by atoms with Crippen molar-refractivity contribution in [1.29, 1.82) is 0 Å². The Morgan fingerprint density at radius 3 is 2.88 bits per heavy atom. The van der Waals surface area contributed by atoms with Crippen molar-refractivity contribution in [1.82, 2.24) is 4.98 Å². The smallest absolute Gasteiger partial charge is 0.355 e. The maximum Gasteiger partial charge on any atom is 0.355 e. The molecule has 0 fully saturated rings. The molecule has 0 bridgehead atoms. The van der Waals surface area contributed by atoms with Gasteiger partial charge in [0, 0.05) is 0 Å². The molecule has 0 amide bonds. The van der Waals surface area contributed by atoms with Crippen LogP contribution in [-0.4, -0.2) is 21.2 Å². The number of carboxylic acid groups (broad SMARTS) is 1. The second-order valence-corrected chi connectivity index (χ2v) is 4.13. The molecule has 6 heteroatoms. The van der Waals surface area contributed by atoms with Crippen molar-refractivity contribution < 1.29 is 19.7 Å². The van der Waals surface area contributed by atoms with Crippen molar-refractivity contribution in [3.8, 4) is 11.5 Å². The van der Waals surface area contributed by atoms with E-state index in [0.717, 1.165) is 0 Å². The minimum atomic E-state index is -1.08. The van der Waals surface area contributed by atoms with Gasteiger partial charge in [0.05, 0.1) is 10.4 Å². The highest BCUT2D eigenvalue weighted by molar-refractivity contribution is 7.09. The average molecular weight is 251 g/mol. The number of rotatable bonds is 4. The Hall–Kier alpha value is -2.08. The van der Waals surface area contributed by atoms with E-state index >= 15 is 0 Å². The van der Waals surface area contributed by atoms with E-state index in [4.69, 9.17) is 9.84 Å². The maximum absolute atomic E-state index is 10.8. The molecule has 0 aliphatic carbocycles. The van der Waals surface area contributed by atoms with Gasteiger partial charge >= 0.3 is 5.97 Å². The minimum Gasteiger partial charge on any atom is -0.504 e. The zero-order chi connectivity index (χ0) is 12.3. The molecule has 0 spiro atoms. The first-order valence-corrected chi connectivity index (χ1v) is 5.63. The van der Waals surface area contributed by atoms with Crippen LogP contribution in [0.2, 0.25) is 0 Å². The number of nitrogens with zero attached hydrogens (tertiary/aromatic N) is 1. The van der Waals surface area contributed by atoms with Gasteiger partial charge in [-0.15, -0.1) is 11.3 Å². The summed E-state index contributed by atoms with van der Waals surface area (Å²) in [7, 11) is 0. The fourth-order valence-electron chi connectivity index (χ4n) is 1.27. The number of hydrogen-bond acceptors (Lipinski definition) is 5. The molecule has 1 aromatic carbocycles. The third kappa shape index (κ3) is 2.54. The van der Waals surface area contributed by atoms with Crippen LogP contribution in [0.4, 0.5) is 0 Å². The highest BCUT2D eigenvalue weighted by atomic mass is 32.1. The number of thiazole rings is 1. The van der Waals surface area contributed by atoms with Gasteiger partial charge in [0.15, 0.2) is 17.2 Å². The normalized spacial score (nSPS) is 10.1. The van der Waals surface area contributed by atoms with Crippen LogP contribution in [-0.2, 0) is 6.61 Å². The molecule has 0 saturated carbocycles. The molecule has 1 aromatic heterocycles. The third-order valence-electron chi connectivity index (χ3n) is 2.07. The summed E-state index contributed by atoms with van der Waals surface area (Å²) in [5, 5.41) is 18.3. The molecular weight excluding hydrogens is 242 g/mol. The monoisotopic (exact) mass is 251 g/mol. The van der Waals surface area contributed by atoms with E-state index in [9.17, 15) is 9.90 Å². The summed E-state index contributed by atoms with van der Waals surface area (Å²) in [6.45, 7) is 0.0733. The Morgan fingerprint density at radius 1 is 1.41 bits per heavy atom. The van der Waals surface area contributed by atoms with Gasteiger partial charge in [0.2, 0.25) is 0 Å². The lowest BCUT2D eigenvalue weighted by molar-refractivity contribution is 0.0688. The Balaban J connectivity index is 2.10. The summed E-state index contributed by atoms with van der Waals surface area (Å²) < 4.78 is 5.33. The number of hydrogen-bond donors (Lipinski definition) is 2. The largest absolute Gasteiger partial charge is 0.504 e. The second kappa shape index (κ2) is 4.84. The summed E-state index contributed by atoms with van der Waals surface area (Å²) >= 11 is 1.20. The molecule has 0 aliphatic heterocycles. The van der Waals surface area contributed by atoms with E-state index < -0.39 is 5.97 Å². The quantitative estimate of drug-likeness (QED) is 0.870. The van der Waals surface area contributed by atoms with Crippen LogP contribution >= 0.6 is 11.3 Å². The molecule has 2 aromatic rings. The van der Waals surface area contributed by atoms with Crippen molar-refractivity contribution in [2.24, 2.45) is 0 Å². The first-order valence-electron chi connectivity index (χ1n) is 4.75. The number of ether oxygens (including phenoxy) is 1. The second-order valence-electron chi connectivity index (χ2n) is 3.19. The fraction of sp³-hybridized carbons (Fsp3) is 0.0909. The van der Waals surface area contributed by atoms with Crippen LogP contribution in [0, 0.1) is 0 Å². The Labute approximate surface area is 101 Å². The number of phenolic OH excluding ortho intramolecular Hbond substituents is 1. The van der Waals surface area contributed by atoms with Crippen molar-refractivity contribution in [3.63, 3.8) is 0 Å². The van der Waals surface area contributed by atoms with Gasteiger partial charge in [-0.3, -0.25) is 0 Å². The number of aromatic hydroxyl groups is 1. The summed E-state index contributed by atoms with van der Waals surface area (Å²) in [5.74, 6) is -0.742. The Morgan fingerprint density at radius 2 is 2.18 bits per heavy atom. The topological polar surface area (TPSA) is 79.7 Å². The summed E-state index contributed by atoms with van der Waals surface area (Å²) in [5.41, 5.74) is 1.44. The van der Waals surface area contributed by atoms with Crippen molar-refractivity contribution in [3.05, 3.63) is 40.3 Å². The fourth-order valence-corrected chi connectivity index (χ4v) is 1.93. The van der Waals surface area contributed by atoms with Crippen molar-refractivity contribution in [2.75, 3.05) is 0 Å². The highest BCUT2D eigenvalue weighted by Crippen LogP contribution is 2.26. The molecule has 0 aliphatic rings. The SMILES string of the molecule is O=C(O)c1ncsc1COc1ccccc1O. The average Bonchev–Trinajstić information content (AvgIpc) is 2.76.